The molecule has 0 heterocycles. The molecule has 0 fully saturated rings. The monoisotopic (exact) mass is 176 g/mol. The van der Waals surface area contributed by atoms with Gasteiger partial charge in [0, 0.05) is 0 Å². The van der Waals surface area contributed by atoms with Gasteiger partial charge in [-0.1, -0.05) is 58.4 Å². The Bertz CT molecular complexity index is 248. The molecule has 1 rings (SSSR count). The molecule has 0 radical (unpaired) electrons. The third-order valence-corrected chi connectivity index (χ3v) is 2.36. The lowest BCUT2D eigenvalue weighted by Gasteiger charge is -2.19. The van der Waals surface area contributed by atoms with Crippen LogP contribution in [0.1, 0.15) is 45.2 Å². The molecule has 0 unspecified atom stereocenters. The van der Waals surface area contributed by atoms with E-state index in [2.05, 4.69) is 52.0 Å². The molecule has 1 aromatic carbocycles. The van der Waals surface area contributed by atoms with Crippen LogP contribution in [0.2, 0.25) is 0 Å². The quantitative estimate of drug-likeness (QED) is 0.640. The van der Waals surface area contributed by atoms with Gasteiger partial charge in [-0.25, -0.2) is 0 Å². The highest BCUT2D eigenvalue weighted by Crippen LogP contribution is 2.22. The van der Waals surface area contributed by atoms with Crippen molar-refractivity contribution in [3.05, 3.63) is 35.4 Å². The zero-order valence-electron chi connectivity index (χ0n) is 9.22. The molecule has 0 N–H and O–H groups in total. The van der Waals surface area contributed by atoms with Gasteiger partial charge in [-0.2, -0.15) is 0 Å². The third kappa shape index (κ3) is 2.87. The van der Waals surface area contributed by atoms with Crippen LogP contribution in [0.15, 0.2) is 24.3 Å². The van der Waals surface area contributed by atoms with Crippen LogP contribution in [0.25, 0.3) is 0 Å². The minimum absolute atomic E-state index is 0.282. The van der Waals surface area contributed by atoms with Crippen LogP contribution < -0.4 is 0 Å². The molecule has 0 nitrogen and oxygen atoms in total. The zero-order chi connectivity index (χ0) is 9.90. The van der Waals surface area contributed by atoms with Crippen LogP contribution in [0.5, 0.6) is 0 Å². The lowest BCUT2D eigenvalue weighted by Crippen LogP contribution is -2.10. The lowest BCUT2D eigenvalue weighted by molar-refractivity contribution is 0.590. The van der Waals surface area contributed by atoms with Gasteiger partial charge in [0.05, 0.1) is 0 Å². The van der Waals surface area contributed by atoms with Crippen molar-refractivity contribution in [2.24, 2.45) is 0 Å². The summed E-state index contributed by atoms with van der Waals surface area (Å²) in [5, 5.41) is 0. The highest BCUT2D eigenvalue weighted by molar-refractivity contribution is 5.27. The summed E-state index contributed by atoms with van der Waals surface area (Å²) >= 11 is 0. The Morgan fingerprint density at radius 3 is 1.92 bits per heavy atom. The summed E-state index contributed by atoms with van der Waals surface area (Å²) in [5.74, 6) is 0. The van der Waals surface area contributed by atoms with E-state index in [1.165, 1.54) is 24.0 Å². The molecular weight excluding hydrogens is 156 g/mol. The maximum Gasteiger partial charge on any atom is -0.0132 e. The van der Waals surface area contributed by atoms with Crippen molar-refractivity contribution >= 4 is 0 Å². The van der Waals surface area contributed by atoms with Crippen LogP contribution in [0, 0.1) is 0 Å². The van der Waals surface area contributed by atoms with E-state index in [1.807, 2.05) is 0 Å². The summed E-state index contributed by atoms with van der Waals surface area (Å²) in [7, 11) is 0. The van der Waals surface area contributed by atoms with Gasteiger partial charge in [-0.3, -0.25) is 0 Å². The number of rotatable bonds is 2. The molecule has 0 aromatic heterocycles. The molecule has 0 saturated heterocycles. The Kier molecular flexibility index (Phi) is 3.13. The van der Waals surface area contributed by atoms with E-state index >= 15 is 0 Å². The van der Waals surface area contributed by atoms with Crippen molar-refractivity contribution in [2.75, 3.05) is 0 Å². The van der Waals surface area contributed by atoms with Gasteiger partial charge in [-0.05, 0) is 23.0 Å². The first kappa shape index (κ1) is 10.3. The Morgan fingerprint density at radius 1 is 1.00 bits per heavy atom. The number of aryl methyl sites for hydroxylation is 1. The van der Waals surface area contributed by atoms with Gasteiger partial charge in [0.15, 0.2) is 0 Å². The van der Waals surface area contributed by atoms with Gasteiger partial charge in [0.2, 0.25) is 0 Å². The summed E-state index contributed by atoms with van der Waals surface area (Å²) in [4.78, 5) is 0. The first-order chi connectivity index (χ1) is 6.04. The molecule has 0 aliphatic carbocycles. The van der Waals surface area contributed by atoms with Gasteiger partial charge >= 0.3 is 0 Å². The Labute approximate surface area is 82.0 Å². The second kappa shape index (κ2) is 3.95. The number of hydrogen-bond donors (Lipinski definition) is 0. The predicted molar refractivity (Wildman–Crippen MR) is 59.1 cm³/mol. The van der Waals surface area contributed by atoms with Crippen LogP contribution in [-0.4, -0.2) is 0 Å². The maximum absolute atomic E-state index is 2.25. The van der Waals surface area contributed by atoms with Gasteiger partial charge in [-0.15, -0.1) is 0 Å². The second-order valence-electron chi connectivity index (χ2n) is 4.70. The van der Waals surface area contributed by atoms with Crippen molar-refractivity contribution in [3.63, 3.8) is 0 Å². The molecule has 0 aliphatic heterocycles. The summed E-state index contributed by atoms with van der Waals surface area (Å²) in [6.45, 7) is 8.98. The molecule has 0 bridgehead atoms. The van der Waals surface area contributed by atoms with Crippen LogP contribution in [0.3, 0.4) is 0 Å². The predicted octanol–water partition coefficient (Wildman–Crippen LogP) is 3.94. The summed E-state index contributed by atoms with van der Waals surface area (Å²) in [5.41, 5.74) is 3.16. The maximum atomic E-state index is 2.25. The lowest BCUT2D eigenvalue weighted by atomic mass is 9.86. The van der Waals surface area contributed by atoms with Crippen molar-refractivity contribution in [1.29, 1.82) is 0 Å². The van der Waals surface area contributed by atoms with E-state index in [1.54, 1.807) is 0 Å². The topological polar surface area (TPSA) is 0 Å². The minimum Gasteiger partial charge on any atom is -0.0651 e. The molecule has 0 spiro atoms. The number of benzene rings is 1. The second-order valence-corrected chi connectivity index (χ2v) is 4.70. The Balaban J connectivity index is 2.81. The van der Waals surface area contributed by atoms with E-state index in [9.17, 15) is 0 Å². The number of hydrogen-bond acceptors (Lipinski definition) is 0. The standard InChI is InChI=1S/C13H20/c1-5-6-11-7-9-12(10-8-11)13(2,3)4/h7-10H,5-6H2,1-4H3. The van der Waals surface area contributed by atoms with Crippen LogP contribution >= 0.6 is 0 Å². The molecular formula is C13H20. The van der Waals surface area contributed by atoms with E-state index in [-0.39, 0.29) is 5.41 Å². The summed E-state index contributed by atoms with van der Waals surface area (Å²) in [6.07, 6.45) is 2.43. The third-order valence-electron chi connectivity index (χ3n) is 2.36. The van der Waals surface area contributed by atoms with Crippen LogP contribution in [0.4, 0.5) is 0 Å². The van der Waals surface area contributed by atoms with Crippen molar-refractivity contribution in [1.82, 2.24) is 0 Å². The zero-order valence-corrected chi connectivity index (χ0v) is 9.22. The van der Waals surface area contributed by atoms with E-state index in [4.69, 9.17) is 0 Å². The summed E-state index contributed by atoms with van der Waals surface area (Å²) in [6, 6.07) is 9.02. The molecule has 0 saturated carbocycles. The van der Waals surface area contributed by atoms with Gasteiger partial charge < -0.3 is 0 Å². The molecule has 0 atom stereocenters. The fourth-order valence-corrected chi connectivity index (χ4v) is 1.46. The molecule has 13 heavy (non-hydrogen) atoms. The van der Waals surface area contributed by atoms with Gasteiger partial charge in [0.1, 0.15) is 0 Å². The van der Waals surface area contributed by atoms with Gasteiger partial charge in [0.25, 0.3) is 0 Å². The molecule has 1 aromatic rings. The first-order valence-electron chi connectivity index (χ1n) is 5.13. The van der Waals surface area contributed by atoms with Crippen molar-refractivity contribution < 1.29 is 0 Å². The van der Waals surface area contributed by atoms with E-state index < -0.39 is 0 Å². The SMILES string of the molecule is CCCc1ccc(C(C)(C)C)cc1. The highest BCUT2D eigenvalue weighted by Gasteiger charge is 2.12. The smallest absolute Gasteiger partial charge is 0.0132 e. The Morgan fingerprint density at radius 2 is 1.54 bits per heavy atom. The Hall–Kier alpha value is -0.780. The highest BCUT2D eigenvalue weighted by atomic mass is 14.2. The van der Waals surface area contributed by atoms with E-state index in [0.717, 1.165) is 0 Å². The normalized spacial score (nSPS) is 11.7. The summed E-state index contributed by atoms with van der Waals surface area (Å²) < 4.78 is 0. The van der Waals surface area contributed by atoms with E-state index in [0.29, 0.717) is 0 Å². The minimum atomic E-state index is 0.282. The first-order valence-corrected chi connectivity index (χ1v) is 5.13. The average molecular weight is 176 g/mol. The molecule has 0 heteroatoms. The molecule has 0 aliphatic rings. The fraction of sp³-hybridized carbons (Fsp3) is 0.538. The van der Waals surface area contributed by atoms with Crippen LogP contribution in [-0.2, 0) is 11.8 Å². The average Bonchev–Trinajstić information content (AvgIpc) is 2.04. The fourth-order valence-electron chi connectivity index (χ4n) is 1.46. The molecule has 0 amide bonds. The largest absolute Gasteiger partial charge is 0.0651 e. The van der Waals surface area contributed by atoms with Crippen molar-refractivity contribution in [3.8, 4) is 0 Å². The molecule has 72 valence electrons. The van der Waals surface area contributed by atoms with Crippen molar-refractivity contribution in [2.45, 2.75) is 46.0 Å².